The molecule has 0 aliphatic rings. The van der Waals surface area contributed by atoms with E-state index in [1.165, 1.54) is 11.1 Å². The molecule has 0 bridgehead atoms. The second kappa shape index (κ2) is 8.48. The number of para-hydroxylation sites is 1. The Labute approximate surface area is 138 Å². The summed E-state index contributed by atoms with van der Waals surface area (Å²) in [4.78, 5) is 9.00. The summed E-state index contributed by atoms with van der Waals surface area (Å²) in [5.41, 5.74) is 4.58. The SMILES string of the molecule is CCc1cccc(C)c1Nc1cc(C)nc(NCCCOC)n1. The maximum Gasteiger partial charge on any atom is 0.224 e. The number of benzene rings is 1. The van der Waals surface area contributed by atoms with Crippen molar-refractivity contribution < 1.29 is 4.74 Å². The van der Waals surface area contributed by atoms with Crippen molar-refractivity contribution in [2.45, 2.75) is 33.6 Å². The number of anilines is 3. The van der Waals surface area contributed by atoms with Gasteiger partial charge in [-0.2, -0.15) is 4.98 Å². The third-order valence-electron chi connectivity index (χ3n) is 3.66. The first-order valence-electron chi connectivity index (χ1n) is 8.08. The first-order chi connectivity index (χ1) is 11.1. The van der Waals surface area contributed by atoms with Crippen molar-refractivity contribution in [3.05, 3.63) is 41.1 Å². The second-order valence-corrected chi connectivity index (χ2v) is 5.58. The molecule has 2 aromatic rings. The highest BCUT2D eigenvalue weighted by Crippen LogP contribution is 2.25. The van der Waals surface area contributed by atoms with E-state index in [9.17, 15) is 0 Å². The van der Waals surface area contributed by atoms with Gasteiger partial charge in [0, 0.05) is 37.7 Å². The summed E-state index contributed by atoms with van der Waals surface area (Å²) in [5.74, 6) is 1.46. The Balaban J connectivity index is 2.15. The normalized spacial score (nSPS) is 10.6. The molecule has 23 heavy (non-hydrogen) atoms. The molecule has 2 N–H and O–H groups in total. The van der Waals surface area contributed by atoms with Crippen LogP contribution in [-0.4, -0.2) is 30.2 Å². The van der Waals surface area contributed by atoms with E-state index in [1.54, 1.807) is 7.11 Å². The van der Waals surface area contributed by atoms with Crippen molar-refractivity contribution in [2.75, 3.05) is 30.9 Å². The summed E-state index contributed by atoms with van der Waals surface area (Å²) in [7, 11) is 1.71. The molecule has 5 nitrogen and oxygen atoms in total. The quantitative estimate of drug-likeness (QED) is 0.725. The minimum absolute atomic E-state index is 0.648. The Morgan fingerprint density at radius 2 is 2.00 bits per heavy atom. The number of ether oxygens (including phenoxy) is 1. The lowest BCUT2D eigenvalue weighted by Gasteiger charge is -2.14. The van der Waals surface area contributed by atoms with E-state index < -0.39 is 0 Å². The van der Waals surface area contributed by atoms with E-state index in [-0.39, 0.29) is 0 Å². The molecule has 0 aliphatic heterocycles. The summed E-state index contributed by atoms with van der Waals surface area (Å²) in [6.45, 7) is 7.77. The van der Waals surface area contributed by atoms with Gasteiger partial charge < -0.3 is 15.4 Å². The van der Waals surface area contributed by atoms with Gasteiger partial charge in [-0.05, 0) is 37.8 Å². The van der Waals surface area contributed by atoms with Crippen LogP contribution in [0.1, 0.15) is 30.2 Å². The summed E-state index contributed by atoms with van der Waals surface area (Å²) in [6, 6.07) is 8.31. The largest absolute Gasteiger partial charge is 0.385 e. The number of hydrogen-bond acceptors (Lipinski definition) is 5. The predicted molar refractivity (Wildman–Crippen MR) is 95.6 cm³/mol. The Bertz CT molecular complexity index is 643. The zero-order valence-electron chi connectivity index (χ0n) is 14.4. The molecule has 0 spiro atoms. The van der Waals surface area contributed by atoms with Crippen LogP contribution in [0, 0.1) is 13.8 Å². The van der Waals surface area contributed by atoms with Gasteiger partial charge in [0.2, 0.25) is 5.95 Å². The third kappa shape index (κ3) is 4.93. The molecule has 0 atom stereocenters. The fourth-order valence-corrected chi connectivity index (χ4v) is 2.46. The third-order valence-corrected chi connectivity index (χ3v) is 3.66. The van der Waals surface area contributed by atoms with Crippen LogP contribution in [0.4, 0.5) is 17.5 Å². The molecule has 5 heteroatoms. The molecule has 0 saturated carbocycles. The van der Waals surface area contributed by atoms with Crippen LogP contribution < -0.4 is 10.6 Å². The number of nitrogens with zero attached hydrogens (tertiary/aromatic N) is 2. The van der Waals surface area contributed by atoms with Gasteiger partial charge in [0.15, 0.2) is 0 Å². The molecule has 1 heterocycles. The molecule has 0 unspecified atom stereocenters. The second-order valence-electron chi connectivity index (χ2n) is 5.58. The average Bonchev–Trinajstić information content (AvgIpc) is 2.53. The number of aryl methyl sites for hydroxylation is 3. The highest BCUT2D eigenvalue weighted by atomic mass is 16.5. The van der Waals surface area contributed by atoms with Crippen LogP contribution in [0.3, 0.4) is 0 Å². The molecular formula is C18H26N4O. The first-order valence-corrected chi connectivity index (χ1v) is 8.08. The van der Waals surface area contributed by atoms with Crippen LogP contribution in [0.15, 0.2) is 24.3 Å². The van der Waals surface area contributed by atoms with Crippen LogP contribution in [0.5, 0.6) is 0 Å². The highest BCUT2D eigenvalue weighted by molar-refractivity contribution is 5.65. The van der Waals surface area contributed by atoms with Crippen molar-refractivity contribution in [3.8, 4) is 0 Å². The van der Waals surface area contributed by atoms with Crippen molar-refractivity contribution in [3.63, 3.8) is 0 Å². The predicted octanol–water partition coefficient (Wildman–Crippen LogP) is 3.85. The van der Waals surface area contributed by atoms with Gasteiger partial charge in [-0.3, -0.25) is 0 Å². The number of rotatable bonds is 8. The summed E-state index contributed by atoms with van der Waals surface area (Å²) in [5, 5.41) is 6.71. The van der Waals surface area contributed by atoms with Crippen LogP contribution in [0.2, 0.25) is 0 Å². The zero-order chi connectivity index (χ0) is 16.7. The van der Waals surface area contributed by atoms with Gasteiger partial charge in [0.1, 0.15) is 5.82 Å². The van der Waals surface area contributed by atoms with Crippen molar-refractivity contribution in [1.82, 2.24) is 9.97 Å². The molecular weight excluding hydrogens is 288 g/mol. The Hall–Kier alpha value is -2.14. The lowest BCUT2D eigenvalue weighted by molar-refractivity contribution is 0.197. The minimum atomic E-state index is 0.648. The maximum absolute atomic E-state index is 5.05. The van der Waals surface area contributed by atoms with E-state index in [0.29, 0.717) is 5.95 Å². The van der Waals surface area contributed by atoms with Gasteiger partial charge >= 0.3 is 0 Å². The number of methoxy groups -OCH3 is 1. The van der Waals surface area contributed by atoms with Crippen molar-refractivity contribution >= 4 is 17.5 Å². The number of nitrogens with one attached hydrogen (secondary N) is 2. The lowest BCUT2D eigenvalue weighted by atomic mass is 10.1. The Kier molecular flexibility index (Phi) is 6.35. The van der Waals surface area contributed by atoms with Gasteiger partial charge in [-0.15, -0.1) is 0 Å². The fraction of sp³-hybridized carbons (Fsp3) is 0.444. The summed E-state index contributed by atoms with van der Waals surface area (Å²) in [6.07, 6.45) is 1.91. The Morgan fingerprint density at radius 3 is 2.74 bits per heavy atom. The molecule has 0 radical (unpaired) electrons. The minimum Gasteiger partial charge on any atom is -0.385 e. The fourth-order valence-electron chi connectivity index (χ4n) is 2.46. The van der Waals surface area contributed by atoms with E-state index in [0.717, 1.165) is 43.2 Å². The van der Waals surface area contributed by atoms with Crippen LogP contribution in [-0.2, 0) is 11.2 Å². The molecule has 1 aromatic heterocycles. The monoisotopic (exact) mass is 314 g/mol. The van der Waals surface area contributed by atoms with Crippen molar-refractivity contribution in [2.24, 2.45) is 0 Å². The topological polar surface area (TPSA) is 59.1 Å². The first kappa shape index (κ1) is 17.2. The standard InChI is InChI=1S/C18H26N4O/c1-5-15-9-6-8-13(2)17(15)21-16-12-14(3)20-18(22-16)19-10-7-11-23-4/h6,8-9,12H,5,7,10-11H2,1-4H3,(H2,19,20,21,22). The molecule has 2 rings (SSSR count). The zero-order valence-corrected chi connectivity index (χ0v) is 14.4. The Morgan fingerprint density at radius 1 is 1.17 bits per heavy atom. The highest BCUT2D eigenvalue weighted by Gasteiger charge is 2.07. The molecule has 0 aliphatic carbocycles. The van der Waals surface area contributed by atoms with Gasteiger partial charge in [0.05, 0.1) is 0 Å². The molecule has 0 fully saturated rings. The number of hydrogen-bond donors (Lipinski definition) is 2. The summed E-state index contributed by atoms with van der Waals surface area (Å²) >= 11 is 0. The number of aromatic nitrogens is 2. The van der Waals surface area contributed by atoms with Crippen LogP contribution >= 0.6 is 0 Å². The van der Waals surface area contributed by atoms with Gasteiger partial charge in [-0.1, -0.05) is 25.1 Å². The molecule has 0 saturated heterocycles. The van der Waals surface area contributed by atoms with Gasteiger partial charge in [0.25, 0.3) is 0 Å². The van der Waals surface area contributed by atoms with E-state index in [2.05, 4.69) is 52.6 Å². The smallest absolute Gasteiger partial charge is 0.224 e. The van der Waals surface area contributed by atoms with Gasteiger partial charge in [-0.25, -0.2) is 4.98 Å². The van der Waals surface area contributed by atoms with Crippen molar-refractivity contribution in [1.29, 1.82) is 0 Å². The molecule has 124 valence electrons. The summed E-state index contributed by atoms with van der Waals surface area (Å²) < 4.78 is 5.05. The molecule has 1 aromatic carbocycles. The van der Waals surface area contributed by atoms with E-state index in [1.807, 2.05) is 13.0 Å². The average molecular weight is 314 g/mol. The lowest BCUT2D eigenvalue weighted by Crippen LogP contribution is -2.09. The van der Waals surface area contributed by atoms with E-state index >= 15 is 0 Å². The maximum atomic E-state index is 5.05. The van der Waals surface area contributed by atoms with Crippen LogP contribution in [0.25, 0.3) is 0 Å². The molecule has 0 amide bonds. The van der Waals surface area contributed by atoms with E-state index in [4.69, 9.17) is 4.74 Å².